The average Bonchev–Trinajstić information content (AvgIpc) is 2.32. The molecule has 0 amide bonds. The number of hydrogen-bond acceptors (Lipinski definition) is 2. The van der Waals surface area contributed by atoms with Crippen LogP contribution in [-0.4, -0.2) is 26.3 Å². The highest BCUT2D eigenvalue weighted by Crippen LogP contribution is 2.11. The molecule has 2 heteroatoms. The van der Waals surface area contributed by atoms with Crippen molar-refractivity contribution in [2.75, 3.05) is 26.3 Å². The molecule has 1 atom stereocenters. The monoisotopic (exact) mass is 235 g/mol. The number of aryl methyl sites for hydroxylation is 1. The maximum absolute atomic E-state index is 5.56. The predicted molar refractivity (Wildman–Crippen MR) is 73.4 cm³/mol. The molecular weight excluding hydrogens is 210 g/mol. The van der Waals surface area contributed by atoms with Crippen LogP contribution in [0.25, 0.3) is 0 Å². The van der Waals surface area contributed by atoms with Crippen LogP contribution in [0, 0.1) is 12.8 Å². The van der Waals surface area contributed by atoms with Crippen molar-refractivity contribution in [3.63, 3.8) is 0 Å². The third-order valence-corrected chi connectivity index (χ3v) is 2.85. The van der Waals surface area contributed by atoms with E-state index in [4.69, 9.17) is 4.74 Å². The highest BCUT2D eigenvalue weighted by Gasteiger charge is 2.09. The summed E-state index contributed by atoms with van der Waals surface area (Å²) in [4.78, 5) is 0. The highest BCUT2D eigenvalue weighted by atomic mass is 16.5. The summed E-state index contributed by atoms with van der Waals surface area (Å²) in [6.45, 7) is 10.0. The van der Waals surface area contributed by atoms with E-state index >= 15 is 0 Å². The summed E-state index contributed by atoms with van der Waals surface area (Å²) in [6, 6.07) is 8.75. The van der Waals surface area contributed by atoms with Gasteiger partial charge in [0, 0.05) is 13.2 Å². The molecule has 0 radical (unpaired) electrons. The van der Waals surface area contributed by atoms with E-state index in [0.29, 0.717) is 5.92 Å². The maximum Gasteiger partial charge on any atom is 0.0509 e. The minimum absolute atomic E-state index is 0.566. The summed E-state index contributed by atoms with van der Waals surface area (Å²) in [7, 11) is 0. The average molecular weight is 235 g/mol. The van der Waals surface area contributed by atoms with Crippen LogP contribution in [0.15, 0.2) is 24.3 Å². The Balaban J connectivity index is 2.51. The van der Waals surface area contributed by atoms with Crippen molar-refractivity contribution < 1.29 is 4.74 Å². The Morgan fingerprint density at radius 1 is 1.29 bits per heavy atom. The van der Waals surface area contributed by atoms with Crippen LogP contribution in [0.2, 0.25) is 0 Å². The first-order chi connectivity index (χ1) is 8.26. The Morgan fingerprint density at radius 3 is 2.76 bits per heavy atom. The number of hydrogen-bond donors (Lipinski definition) is 1. The normalized spacial score (nSPS) is 12.6. The van der Waals surface area contributed by atoms with Gasteiger partial charge in [-0.25, -0.2) is 0 Å². The number of benzene rings is 1. The number of nitrogens with one attached hydrogen (secondary N) is 1. The topological polar surface area (TPSA) is 21.3 Å². The molecule has 0 fully saturated rings. The molecule has 0 aliphatic carbocycles. The lowest BCUT2D eigenvalue weighted by Gasteiger charge is -2.17. The van der Waals surface area contributed by atoms with Crippen LogP contribution in [0.4, 0.5) is 0 Å². The highest BCUT2D eigenvalue weighted by molar-refractivity contribution is 5.22. The van der Waals surface area contributed by atoms with Crippen molar-refractivity contribution in [2.45, 2.75) is 27.2 Å². The molecule has 0 aliphatic heterocycles. The van der Waals surface area contributed by atoms with Gasteiger partial charge < -0.3 is 10.1 Å². The van der Waals surface area contributed by atoms with Crippen molar-refractivity contribution >= 4 is 0 Å². The zero-order valence-corrected chi connectivity index (χ0v) is 11.3. The Bertz CT molecular complexity index is 304. The van der Waals surface area contributed by atoms with E-state index in [1.54, 1.807) is 0 Å². The summed E-state index contributed by atoms with van der Waals surface area (Å²) in [5.74, 6) is 0.566. The minimum Gasteiger partial charge on any atom is -0.381 e. The van der Waals surface area contributed by atoms with Gasteiger partial charge in [0.1, 0.15) is 0 Å². The molecule has 1 aromatic rings. The molecule has 0 aromatic heterocycles. The predicted octanol–water partition coefficient (Wildman–Crippen LogP) is 2.80. The molecule has 0 bridgehead atoms. The Kier molecular flexibility index (Phi) is 6.90. The number of ether oxygens (including phenoxy) is 1. The van der Waals surface area contributed by atoms with Gasteiger partial charge in [-0.3, -0.25) is 0 Å². The van der Waals surface area contributed by atoms with Crippen LogP contribution >= 0.6 is 0 Å². The van der Waals surface area contributed by atoms with Crippen molar-refractivity contribution in [1.29, 1.82) is 0 Å². The van der Waals surface area contributed by atoms with Gasteiger partial charge in [-0.1, -0.05) is 36.8 Å². The summed E-state index contributed by atoms with van der Waals surface area (Å²) in [5.41, 5.74) is 2.74. The second-order valence-corrected chi connectivity index (χ2v) is 4.53. The van der Waals surface area contributed by atoms with Gasteiger partial charge >= 0.3 is 0 Å². The SMILES string of the molecule is CCNCC(COCC)Cc1cccc(C)c1. The summed E-state index contributed by atoms with van der Waals surface area (Å²) in [6.07, 6.45) is 1.09. The van der Waals surface area contributed by atoms with Gasteiger partial charge in [0.05, 0.1) is 6.61 Å². The first kappa shape index (κ1) is 14.2. The molecule has 0 heterocycles. The molecule has 0 saturated carbocycles. The third-order valence-electron chi connectivity index (χ3n) is 2.85. The summed E-state index contributed by atoms with van der Waals surface area (Å²) < 4.78 is 5.56. The molecule has 1 rings (SSSR count). The maximum atomic E-state index is 5.56. The largest absolute Gasteiger partial charge is 0.381 e. The summed E-state index contributed by atoms with van der Waals surface area (Å²) >= 11 is 0. The van der Waals surface area contributed by atoms with Crippen molar-refractivity contribution in [2.24, 2.45) is 5.92 Å². The van der Waals surface area contributed by atoms with E-state index in [2.05, 4.69) is 50.4 Å². The van der Waals surface area contributed by atoms with Crippen molar-refractivity contribution in [3.8, 4) is 0 Å². The molecule has 0 spiro atoms. The van der Waals surface area contributed by atoms with Gasteiger partial charge in [0.25, 0.3) is 0 Å². The number of rotatable bonds is 8. The minimum atomic E-state index is 0.566. The van der Waals surface area contributed by atoms with Crippen LogP contribution in [0.5, 0.6) is 0 Å². The molecule has 0 saturated heterocycles. The Labute approximate surface area is 105 Å². The molecule has 1 unspecified atom stereocenters. The zero-order valence-electron chi connectivity index (χ0n) is 11.3. The molecule has 96 valence electrons. The van der Waals surface area contributed by atoms with E-state index in [1.165, 1.54) is 11.1 Å². The van der Waals surface area contributed by atoms with E-state index in [0.717, 1.165) is 32.7 Å². The van der Waals surface area contributed by atoms with Crippen LogP contribution < -0.4 is 5.32 Å². The zero-order chi connectivity index (χ0) is 12.5. The van der Waals surface area contributed by atoms with E-state index < -0.39 is 0 Å². The molecule has 2 nitrogen and oxygen atoms in total. The van der Waals surface area contributed by atoms with Crippen molar-refractivity contribution in [1.82, 2.24) is 5.32 Å². The van der Waals surface area contributed by atoms with Gasteiger partial charge in [0.2, 0.25) is 0 Å². The van der Waals surface area contributed by atoms with Crippen molar-refractivity contribution in [3.05, 3.63) is 35.4 Å². The van der Waals surface area contributed by atoms with E-state index in [1.807, 2.05) is 0 Å². The fourth-order valence-corrected chi connectivity index (χ4v) is 2.00. The van der Waals surface area contributed by atoms with Crippen LogP contribution in [0.1, 0.15) is 25.0 Å². The molecule has 1 N–H and O–H groups in total. The lowest BCUT2D eigenvalue weighted by Crippen LogP contribution is -2.27. The summed E-state index contributed by atoms with van der Waals surface area (Å²) in [5, 5.41) is 3.41. The Hall–Kier alpha value is -0.860. The fraction of sp³-hybridized carbons (Fsp3) is 0.600. The smallest absolute Gasteiger partial charge is 0.0509 e. The second kappa shape index (κ2) is 8.26. The molecular formula is C15H25NO. The van der Waals surface area contributed by atoms with E-state index in [9.17, 15) is 0 Å². The van der Waals surface area contributed by atoms with Gasteiger partial charge in [0.15, 0.2) is 0 Å². The Morgan fingerprint density at radius 2 is 2.12 bits per heavy atom. The lowest BCUT2D eigenvalue weighted by atomic mass is 9.98. The fourth-order valence-electron chi connectivity index (χ4n) is 2.00. The van der Waals surface area contributed by atoms with Gasteiger partial charge in [-0.05, 0) is 38.3 Å². The lowest BCUT2D eigenvalue weighted by molar-refractivity contribution is 0.110. The van der Waals surface area contributed by atoms with Gasteiger partial charge in [-0.15, -0.1) is 0 Å². The first-order valence-electron chi connectivity index (χ1n) is 6.60. The van der Waals surface area contributed by atoms with Crippen LogP contribution in [0.3, 0.4) is 0 Å². The van der Waals surface area contributed by atoms with E-state index in [-0.39, 0.29) is 0 Å². The quantitative estimate of drug-likeness (QED) is 0.748. The molecule has 17 heavy (non-hydrogen) atoms. The first-order valence-corrected chi connectivity index (χ1v) is 6.60. The van der Waals surface area contributed by atoms with Crippen LogP contribution in [-0.2, 0) is 11.2 Å². The van der Waals surface area contributed by atoms with Gasteiger partial charge in [-0.2, -0.15) is 0 Å². The third kappa shape index (κ3) is 5.85. The molecule has 0 aliphatic rings. The standard InChI is InChI=1S/C15H25NO/c1-4-16-11-15(12-17-5-2)10-14-8-6-7-13(3)9-14/h6-9,15-16H,4-5,10-12H2,1-3H3. The molecule has 1 aromatic carbocycles. The second-order valence-electron chi connectivity index (χ2n) is 4.53.